The zero-order valence-corrected chi connectivity index (χ0v) is 21.7. The summed E-state index contributed by atoms with van der Waals surface area (Å²) >= 11 is 0. The van der Waals surface area contributed by atoms with Crippen LogP contribution in [-0.4, -0.2) is 84.7 Å². The van der Waals surface area contributed by atoms with Crippen LogP contribution in [0.5, 0.6) is 0 Å². The molecular weight excluding hydrogens is 475 g/mol. The Morgan fingerprint density at radius 2 is 1.84 bits per heavy atom. The maximum Gasteiger partial charge on any atom is 0.551 e. The van der Waals surface area contributed by atoms with E-state index in [-0.39, 0.29) is 18.2 Å². The third-order valence-electron chi connectivity index (χ3n) is 5.89. The minimum Gasteiger partial charge on any atom is -0.507 e. The van der Waals surface area contributed by atoms with Gasteiger partial charge in [-0.1, -0.05) is 50.2 Å². The number of hydrogen-bond acceptors (Lipinski definition) is 8. The van der Waals surface area contributed by atoms with Crippen molar-refractivity contribution in [2.75, 3.05) is 26.7 Å². The molecule has 1 aromatic heterocycles. The van der Waals surface area contributed by atoms with E-state index in [1.54, 1.807) is 30.1 Å². The van der Waals surface area contributed by atoms with Crippen LogP contribution >= 0.6 is 0 Å². The van der Waals surface area contributed by atoms with Crippen molar-refractivity contribution in [3.05, 3.63) is 54.2 Å². The second-order valence-corrected chi connectivity index (χ2v) is 9.68. The van der Waals surface area contributed by atoms with Crippen molar-refractivity contribution in [1.29, 1.82) is 0 Å². The Kier molecular flexibility index (Phi) is 10.2. The summed E-state index contributed by atoms with van der Waals surface area (Å²) in [4.78, 5) is 44.7. The van der Waals surface area contributed by atoms with Crippen molar-refractivity contribution in [2.45, 2.75) is 45.3 Å². The molecule has 2 heterocycles. The molecule has 198 valence electrons. The molecule has 0 unspecified atom stereocenters. The molecule has 1 fully saturated rings. The summed E-state index contributed by atoms with van der Waals surface area (Å²) in [6.45, 7) is 6.32. The van der Waals surface area contributed by atoms with Crippen molar-refractivity contribution in [3.63, 3.8) is 0 Å². The van der Waals surface area contributed by atoms with E-state index in [9.17, 15) is 19.5 Å². The molecule has 0 saturated carbocycles. The molecule has 2 amide bonds. The largest absolute Gasteiger partial charge is 0.551 e. The molecule has 0 aliphatic carbocycles. The van der Waals surface area contributed by atoms with E-state index < -0.39 is 43.0 Å². The molecule has 0 spiro atoms. The van der Waals surface area contributed by atoms with Crippen LogP contribution in [0.4, 0.5) is 0 Å². The smallest absolute Gasteiger partial charge is 0.507 e. The average Bonchev–Trinajstić information content (AvgIpc) is 2.85. The number of likely N-dealkylation sites (N-methyl/N-ethyl adjacent to an activating group) is 1. The van der Waals surface area contributed by atoms with Crippen LogP contribution in [0.2, 0.25) is 0 Å². The van der Waals surface area contributed by atoms with Crippen LogP contribution < -0.4 is 10.6 Å². The second-order valence-electron chi connectivity index (χ2n) is 9.68. The first-order valence-electron chi connectivity index (χ1n) is 12.5. The number of aromatic nitrogens is 1. The van der Waals surface area contributed by atoms with Crippen LogP contribution in [0, 0.1) is 5.92 Å². The third kappa shape index (κ3) is 8.38. The van der Waals surface area contributed by atoms with E-state index in [1.165, 1.54) is 6.92 Å². The first-order chi connectivity index (χ1) is 17.6. The first kappa shape index (κ1) is 28.3. The zero-order chi connectivity index (χ0) is 26.9. The summed E-state index contributed by atoms with van der Waals surface area (Å²) in [6.07, 6.45) is -0.740. The lowest BCUT2D eigenvalue weighted by Gasteiger charge is -2.30. The maximum absolute atomic E-state index is 13.3. The van der Waals surface area contributed by atoms with E-state index in [2.05, 4.69) is 15.6 Å². The van der Waals surface area contributed by atoms with Crippen molar-refractivity contribution < 1.29 is 28.8 Å². The topological polar surface area (TPSA) is 130 Å². The quantitative estimate of drug-likeness (QED) is 0.431. The molecule has 1 aromatic carbocycles. The number of aliphatic hydroxyl groups is 1. The monoisotopic (exact) mass is 510 g/mol. The van der Waals surface area contributed by atoms with E-state index in [4.69, 9.17) is 9.31 Å². The van der Waals surface area contributed by atoms with Gasteiger partial charge in [-0.15, -0.1) is 0 Å². The van der Waals surface area contributed by atoms with Gasteiger partial charge in [0, 0.05) is 18.7 Å². The summed E-state index contributed by atoms with van der Waals surface area (Å²) in [6, 6.07) is 13.2. The number of nitrogens with zero attached hydrogens (tertiary/aromatic N) is 2. The predicted octanol–water partition coefficient (Wildman–Crippen LogP) is 1.29. The molecule has 2 aromatic rings. The lowest BCUT2D eigenvalue weighted by Crippen LogP contribution is -2.59. The third-order valence-corrected chi connectivity index (χ3v) is 5.89. The van der Waals surface area contributed by atoms with Gasteiger partial charge in [-0.05, 0) is 38.4 Å². The molecule has 1 aliphatic heterocycles. The number of benzene rings is 1. The van der Waals surface area contributed by atoms with Gasteiger partial charge in [0.25, 0.3) is 5.91 Å². The average molecular weight is 510 g/mol. The van der Waals surface area contributed by atoms with Crippen LogP contribution in [0.15, 0.2) is 48.5 Å². The maximum atomic E-state index is 13.3. The summed E-state index contributed by atoms with van der Waals surface area (Å²) in [7, 11) is 0.806. The normalized spacial score (nSPS) is 17.2. The van der Waals surface area contributed by atoms with Gasteiger partial charge >= 0.3 is 13.1 Å². The van der Waals surface area contributed by atoms with Gasteiger partial charge in [-0.3, -0.25) is 19.3 Å². The Balaban J connectivity index is 1.73. The molecule has 37 heavy (non-hydrogen) atoms. The van der Waals surface area contributed by atoms with Crippen molar-refractivity contribution in [2.24, 2.45) is 5.92 Å². The minimum atomic E-state index is -1.26. The van der Waals surface area contributed by atoms with Crippen molar-refractivity contribution in [3.8, 4) is 11.3 Å². The highest BCUT2D eigenvalue weighted by molar-refractivity contribution is 6.49. The van der Waals surface area contributed by atoms with E-state index in [0.29, 0.717) is 25.3 Å². The molecule has 1 aliphatic rings. The minimum absolute atomic E-state index is 0.111. The molecule has 3 atom stereocenters. The molecule has 1 saturated heterocycles. The number of rotatable bonds is 9. The first-order valence-corrected chi connectivity index (χ1v) is 12.5. The Morgan fingerprint density at radius 3 is 2.51 bits per heavy atom. The molecule has 11 heteroatoms. The number of amides is 2. The highest BCUT2D eigenvalue weighted by Crippen LogP contribution is 2.17. The zero-order valence-electron chi connectivity index (χ0n) is 21.7. The van der Waals surface area contributed by atoms with Gasteiger partial charge in [0.1, 0.15) is 11.7 Å². The summed E-state index contributed by atoms with van der Waals surface area (Å²) in [5.74, 6) is -2.20. The lowest BCUT2D eigenvalue weighted by molar-refractivity contribution is -0.139. The van der Waals surface area contributed by atoms with Gasteiger partial charge in [0.05, 0.1) is 24.3 Å². The van der Waals surface area contributed by atoms with Crippen LogP contribution in [0.3, 0.4) is 0 Å². The lowest BCUT2D eigenvalue weighted by atomic mass is 9.73. The summed E-state index contributed by atoms with van der Waals surface area (Å²) < 4.78 is 11.3. The number of carbonyl (C=O) groups is 3. The van der Waals surface area contributed by atoms with Gasteiger partial charge in [0.2, 0.25) is 5.91 Å². The Morgan fingerprint density at radius 1 is 1.11 bits per heavy atom. The Labute approximate surface area is 217 Å². The highest BCUT2D eigenvalue weighted by Gasteiger charge is 2.39. The Bertz CT molecular complexity index is 1070. The number of nitrogens with one attached hydrogen (secondary N) is 2. The summed E-state index contributed by atoms with van der Waals surface area (Å²) in [5.41, 5.74) is 1.57. The molecule has 10 nitrogen and oxygen atoms in total. The van der Waals surface area contributed by atoms with Gasteiger partial charge in [0.15, 0.2) is 0 Å². The second kappa shape index (κ2) is 13.3. The molecule has 0 radical (unpaired) electrons. The fraction of sp³-hybridized carbons (Fsp3) is 0.462. The number of aliphatic hydroxyl groups excluding tert-OH is 1. The molecular formula is C26H35BN4O6. The SMILES string of the molecule is CC(C)C[C@H](NC(=O)[C@@H](NC(=O)c1cccc(-c2ccccc2)n1)[C@@H](C)O)B1OCCN(C)CC(=O)O1. The molecule has 0 bridgehead atoms. The van der Waals surface area contributed by atoms with Gasteiger partial charge < -0.3 is 25.0 Å². The van der Waals surface area contributed by atoms with E-state index in [1.807, 2.05) is 44.2 Å². The number of hydrogen-bond donors (Lipinski definition) is 3. The number of pyridine rings is 1. The standard InChI is InChI=1S/C26H35BN4O6/c1-17(2)15-22(27-36-14-13-31(4)16-23(33)37-27)29-26(35)24(18(3)32)30-25(34)21-12-8-11-20(28-21)19-9-6-5-7-10-19/h5-12,17-18,22,24,32H,13-16H2,1-4H3,(H,29,35)(H,30,34)/t18-,22+,24+/m1/s1. The predicted molar refractivity (Wildman–Crippen MR) is 139 cm³/mol. The molecule has 3 N–H and O–H groups in total. The van der Waals surface area contributed by atoms with Crippen molar-refractivity contribution >= 4 is 24.9 Å². The fourth-order valence-corrected chi connectivity index (χ4v) is 3.99. The van der Waals surface area contributed by atoms with Gasteiger partial charge in [-0.25, -0.2) is 4.98 Å². The highest BCUT2D eigenvalue weighted by atomic mass is 16.6. The van der Waals surface area contributed by atoms with Crippen molar-refractivity contribution in [1.82, 2.24) is 20.5 Å². The van der Waals surface area contributed by atoms with Crippen LogP contribution in [-0.2, 0) is 18.9 Å². The number of carbonyl (C=O) groups excluding carboxylic acids is 3. The molecule has 3 rings (SSSR count). The fourth-order valence-electron chi connectivity index (χ4n) is 3.99. The van der Waals surface area contributed by atoms with E-state index in [0.717, 1.165) is 5.56 Å². The van der Waals surface area contributed by atoms with Crippen LogP contribution in [0.1, 0.15) is 37.7 Å². The van der Waals surface area contributed by atoms with Crippen LogP contribution in [0.25, 0.3) is 11.3 Å². The summed E-state index contributed by atoms with van der Waals surface area (Å²) in [5, 5.41) is 15.8. The van der Waals surface area contributed by atoms with E-state index >= 15 is 0 Å². The van der Waals surface area contributed by atoms with Gasteiger partial charge in [-0.2, -0.15) is 0 Å². The Hall–Kier alpha value is -3.28.